The van der Waals surface area contributed by atoms with Gasteiger partial charge in [-0.05, 0) is 36.2 Å². The summed E-state index contributed by atoms with van der Waals surface area (Å²) in [6.45, 7) is 7.20. The molecule has 0 aromatic heterocycles. The van der Waals surface area contributed by atoms with Crippen LogP contribution in [0, 0.1) is 12.7 Å². The number of hydrogen-bond acceptors (Lipinski definition) is 2. The lowest BCUT2D eigenvalue weighted by atomic mass is 10.1. The third kappa shape index (κ3) is 4.09. The third-order valence-corrected chi connectivity index (χ3v) is 4.24. The molecule has 106 valence electrons. The van der Waals surface area contributed by atoms with Crippen LogP contribution >= 0.6 is 11.8 Å². The molecule has 2 aromatic carbocycles. The fraction of sp³-hybridized carbons (Fsp3) is 0.294. The van der Waals surface area contributed by atoms with Gasteiger partial charge in [-0.1, -0.05) is 49.9 Å². The molecule has 2 aromatic rings. The van der Waals surface area contributed by atoms with Crippen LogP contribution < -0.4 is 5.32 Å². The molecule has 0 saturated heterocycles. The molecule has 0 unspecified atom stereocenters. The maximum absolute atomic E-state index is 13.7. The van der Waals surface area contributed by atoms with E-state index in [0.717, 1.165) is 11.4 Å². The van der Waals surface area contributed by atoms with Crippen LogP contribution in [0.15, 0.2) is 52.3 Å². The minimum Gasteiger partial charge on any atom is -0.310 e. The van der Waals surface area contributed by atoms with Gasteiger partial charge in [0.05, 0.1) is 0 Å². The van der Waals surface area contributed by atoms with Crippen molar-refractivity contribution in [3.63, 3.8) is 0 Å². The minimum absolute atomic E-state index is 0.164. The highest BCUT2D eigenvalue weighted by molar-refractivity contribution is 7.99. The zero-order valence-corrected chi connectivity index (χ0v) is 12.9. The maximum atomic E-state index is 13.7. The van der Waals surface area contributed by atoms with Crippen molar-refractivity contribution in [2.24, 2.45) is 0 Å². The van der Waals surface area contributed by atoms with Crippen molar-refractivity contribution in [3.05, 3.63) is 59.4 Å². The van der Waals surface area contributed by atoms with Gasteiger partial charge in [-0.3, -0.25) is 0 Å². The standard InChI is InChI=1S/C17H20FNS/c1-12(2)19-11-14-8-9-16(13(3)10-14)20-17-7-5-4-6-15(17)18/h4-10,12,19H,11H2,1-3H3. The molecule has 0 heterocycles. The summed E-state index contributed by atoms with van der Waals surface area (Å²) in [5, 5.41) is 3.40. The van der Waals surface area contributed by atoms with Gasteiger partial charge >= 0.3 is 0 Å². The quantitative estimate of drug-likeness (QED) is 0.850. The zero-order chi connectivity index (χ0) is 14.5. The molecule has 0 aliphatic heterocycles. The second kappa shape index (κ2) is 6.91. The molecular weight excluding hydrogens is 269 g/mol. The Kier molecular flexibility index (Phi) is 5.21. The van der Waals surface area contributed by atoms with Gasteiger partial charge in [0.15, 0.2) is 0 Å². The molecule has 2 rings (SSSR count). The topological polar surface area (TPSA) is 12.0 Å². The van der Waals surface area contributed by atoms with Crippen LogP contribution in [0.5, 0.6) is 0 Å². The highest BCUT2D eigenvalue weighted by atomic mass is 32.2. The first-order valence-corrected chi connectivity index (χ1v) is 7.63. The zero-order valence-electron chi connectivity index (χ0n) is 12.1. The lowest BCUT2D eigenvalue weighted by Crippen LogP contribution is -2.21. The lowest BCUT2D eigenvalue weighted by Gasteiger charge is -2.11. The first-order valence-electron chi connectivity index (χ1n) is 6.81. The summed E-state index contributed by atoms with van der Waals surface area (Å²) in [4.78, 5) is 1.77. The Morgan fingerprint density at radius 1 is 1.10 bits per heavy atom. The van der Waals surface area contributed by atoms with Crippen molar-refractivity contribution in [3.8, 4) is 0 Å². The number of hydrogen-bond donors (Lipinski definition) is 1. The lowest BCUT2D eigenvalue weighted by molar-refractivity contribution is 0.588. The fourth-order valence-electron chi connectivity index (χ4n) is 1.90. The van der Waals surface area contributed by atoms with Crippen LogP contribution in [0.1, 0.15) is 25.0 Å². The molecule has 0 spiro atoms. The molecule has 0 fully saturated rings. The summed E-state index contributed by atoms with van der Waals surface area (Å²) in [7, 11) is 0. The van der Waals surface area contributed by atoms with Crippen molar-refractivity contribution < 1.29 is 4.39 Å². The van der Waals surface area contributed by atoms with Gasteiger partial charge in [-0.2, -0.15) is 0 Å². The van der Waals surface area contributed by atoms with E-state index in [1.54, 1.807) is 6.07 Å². The van der Waals surface area contributed by atoms with E-state index in [9.17, 15) is 4.39 Å². The number of rotatable bonds is 5. The highest BCUT2D eigenvalue weighted by Gasteiger charge is 2.06. The first kappa shape index (κ1) is 15.1. The average molecular weight is 289 g/mol. The Morgan fingerprint density at radius 2 is 1.85 bits per heavy atom. The molecule has 0 aliphatic carbocycles. The predicted octanol–water partition coefficient (Wildman–Crippen LogP) is 4.78. The number of halogens is 1. The number of nitrogens with one attached hydrogen (secondary N) is 1. The van der Waals surface area contributed by atoms with Gasteiger partial charge in [0.1, 0.15) is 5.82 Å². The Labute approximate surface area is 124 Å². The summed E-state index contributed by atoms with van der Waals surface area (Å²) in [5.74, 6) is -0.164. The van der Waals surface area contributed by atoms with Gasteiger partial charge in [-0.25, -0.2) is 4.39 Å². The molecule has 0 bridgehead atoms. The summed E-state index contributed by atoms with van der Waals surface area (Å²) < 4.78 is 13.7. The summed E-state index contributed by atoms with van der Waals surface area (Å²) >= 11 is 1.48. The Morgan fingerprint density at radius 3 is 2.50 bits per heavy atom. The van der Waals surface area contributed by atoms with E-state index < -0.39 is 0 Å². The molecule has 0 radical (unpaired) electrons. The van der Waals surface area contributed by atoms with Crippen molar-refractivity contribution in [2.45, 2.75) is 43.1 Å². The second-order valence-electron chi connectivity index (χ2n) is 5.17. The molecule has 0 aliphatic rings. The summed E-state index contributed by atoms with van der Waals surface area (Å²) in [5.41, 5.74) is 2.44. The Bertz CT molecular complexity index is 581. The van der Waals surface area contributed by atoms with Gasteiger partial charge in [0, 0.05) is 22.4 Å². The largest absolute Gasteiger partial charge is 0.310 e. The van der Waals surface area contributed by atoms with Crippen LogP contribution in [-0.4, -0.2) is 6.04 Å². The van der Waals surface area contributed by atoms with E-state index >= 15 is 0 Å². The van der Waals surface area contributed by atoms with E-state index in [4.69, 9.17) is 0 Å². The number of aryl methyl sites for hydroxylation is 1. The number of benzene rings is 2. The van der Waals surface area contributed by atoms with E-state index in [2.05, 4.69) is 44.3 Å². The van der Waals surface area contributed by atoms with Crippen molar-refractivity contribution in [1.29, 1.82) is 0 Å². The van der Waals surface area contributed by atoms with Crippen LogP contribution in [0.25, 0.3) is 0 Å². The monoisotopic (exact) mass is 289 g/mol. The van der Waals surface area contributed by atoms with E-state index in [1.165, 1.54) is 29.0 Å². The van der Waals surface area contributed by atoms with Crippen LogP contribution in [-0.2, 0) is 6.54 Å². The van der Waals surface area contributed by atoms with Crippen LogP contribution in [0.2, 0.25) is 0 Å². The molecule has 1 N–H and O–H groups in total. The minimum atomic E-state index is -0.164. The van der Waals surface area contributed by atoms with Crippen molar-refractivity contribution >= 4 is 11.8 Å². The summed E-state index contributed by atoms with van der Waals surface area (Å²) in [6, 6.07) is 13.7. The van der Waals surface area contributed by atoms with Crippen molar-refractivity contribution in [1.82, 2.24) is 5.32 Å². The van der Waals surface area contributed by atoms with Crippen molar-refractivity contribution in [2.75, 3.05) is 0 Å². The predicted molar refractivity (Wildman–Crippen MR) is 83.7 cm³/mol. The molecule has 1 nitrogen and oxygen atoms in total. The highest BCUT2D eigenvalue weighted by Crippen LogP contribution is 2.32. The average Bonchev–Trinajstić information content (AvgIpc) is 2.41. The van der Waals surface area contributed by atoms with Gasteiger partial charge in [-0.15, -0.1) is 0 Å². The smallest absolute Gasteiger partial charge is 0.137 e. The van der Waals surface area contributed by atoms with E-state index in [1.807, 2.05) is 12.1 Å². The maximum Gasteiger partial charge on any atom is 0.137 e. The molecule has 0 amide bonds. The molecule has 0 atom stereocenters. The second-order valence-corrected chi connectivity index (χ2v) is 6.25. The first-order chi connectivity index (χ1) is 9.56. The molecule has 3 heteroatoms. The van der Waals surface area contributed by atoms with Gasteiger partial charge < -0.3 is 5.32 Å². The van der Waals surface area contributed by atoms with Crippen LogP contribution in [0.4, 0.5) is 4.39 Å². The van der Waals surface area contributed by atoms with Gasteiger partial charge in [0.25, 0.3) is 0 Å². The van der Waals surface area contributed by atoms with E-state index in [0.29, 0.717) is 10.9 Å². The normalized spacial score (nSPS) is 11.1. The molecular formula is C17H20FNS. The fourth-order valence-corrected chi connectivity index (χ4v) is 2.81. The van der Waals surface area contributed by atoms with E-state index in [-0.39, 0.29) is 5.82 Å². The SMILES string of the molecule is Cc1cc(CNC(C)C)ccc1Sc1ccccc1F. The Hall–Kier alpha value is -1.32. The van der Waals surface area contributed by atoms with Gasteiger partial charge in [0.2, 0.25) is 0 Å². The van der Waals surface area contributed by atoms with Crippen LogP contribution in [0.3, 0.4) is 0 Å². The summed E-state index contributed by atoms with van der Waals surface area (Å²) in [6.07, 6.45) is 0. The Balaban J connectivity index is 2.12. The molecule has 0 saturated carbocycles. The molecule has 20 heavy (non-hydrogen) atoms. The third-order valence-electron chi connectivity index (χ3n) is 3.01.